The molecule has 36 heavy (non-hydrogen) atoms. The molecule has 1 saturated heterocycles. The van der Waals surface area contributed by atoms with Crippen LogP contribution in [0, 0.1) is 40.9 Å². The van der Waals surface area contributed by atoms with Crippen LogP contribution >= 0.6 is 0 Å². The van der Waals surface area contributed by atoms with Gasteiger partial charge in [-0.15, -0.1) is 0 Å². The quantitative estimate of drug-likeness (QED) is 0.114. The summed E-state index contributed by atoms with van der Waals surface area (Å²) in [5, 5.41) is 44.4. The van der Waals surface area contributed by atoms with Crippen molar-refractivity contribution in [2.45, 2.75) is 78.7 Å². The van der Waals surface area contributed by atoms with Gasteiger partial charge in [-0.2, -0.15) is 0 Å². The van der Waals surface area contributed by atoms with Gasteiger partial charge in [-0.25, -0.2) is 0 Å². The third kappa shape index (κ3) is 5.53. The highest BCUT2D eigenvalue weighted by Crippen LogP contribution is 2.58. The Labute approximate surface area is 214 Å². The summed E-state index contributed by atoms with van der Waals surface area (Å²) < 4.78 is 0. The summed E-state index contributed by atoms with van der Waals surface area (Å²) in [5.41, 5.74) is -1.33. The van der Waals surface area contributed by atoms with Crippen LogP contribution < -0.4 is 5.32 Å². The number of hydrogen-bond donors (Lipinski definition) is 5. The van der Waals surface area contributed by atoms with E-state index in [9.17, 15) is 30.0 Å². The highest BCUT2D eigenvalue weighted by Gasteiger charge is 2.55. The van der Waals surface area contributed by atoms with E-state index >= 15 is 0 Å². The Balaban J connectivity index is 1.93. The molecule has 200 valence electrons. The van der Waals surface area contributed by atoms with E-state index in [1.54, 1.807) is 12.2 Å². The maximum absolute atomic E-state index is 12.6. The van der Waals surface area contributed by atoms with Crippen LogP contribution in [-0.4, -0.2) is 50.6 Å². The van der Waals surface area contributed by atoms with Crippen molar-refractivity contribution in [1.29, 1.82) is 0 Å². The largest absolute Gasteiger partial charge is 0.511 e. The monoisotopic (exact) mass is 501 g/mol. The van der Waals surface area contributed by atoms with E-state index in [2.05, 4.69) is 25.2 Å². The van der Waals surface area contributed by atoms with Gasteiger partial charge in [0, 0.05) is 11.3 Å². The Hall–Kier alpha value is -2.22. The summed E-state index contributed by atoms with van der Waals surface area (Å²) in [7, 11) is 0. The third-order valence-corrected chi connectivity index (χ3v) is 8.69. The van der Waals surface area contributed by atoms with Crippen LogP contribution in [0.3, 0.4) is 0 Å². The molecule has 0 aromatic rings. The molecule has 1 aliphatic heterocycles. The van der Waals surface area contributed by atoms with Crippen molar-refractivity contribution in [3.8, 4) is 0 Å². The number of nitrogens with one attached hydrogen (secondary N) is 1. The number of carbonyl (C=O) groups excluding carboxylic acids is 2. The predicted molar refractivity (Wildman–Crippen MR) is 138 cm³/mol. The molecule has 10 atom stereocenters. The molecule has 7 heteroatoms. The van der Waals surface area contributed by atoms with Gasteiger partial charge in [-0.3, -0.25) is 9.59 Å². The zero-order valence-corrected chi connectivity index (χ0v) is 22.1. The van der Waals surface area contributed by atoms with Crippen molar-refractivity contribution < 1.29 is 30.0 Å². The first-order chi connectivity index (χ1) is 16.9. The topological polar surface area (TPSA) is 127 Å². The van der Waals surface area contributed by atoms with Gasteiger partial charge in [0.15, 0.2) is 6.23 Å². The minimum absolute atomic E-state index is 0.00231. The van der Waals surface area contributed by atoms with Crippen molar-refractivity contribution in [1.82, 2.24) is 5.32 Å². The molecule has 2 aliphatic carbocycles. The second kappa shape index (κ2) is 11.4. The number of rotatable bonds is 8. The molecule has 0 aromatic heterocycles. The molecular formula is C29H43NO6. The first kappa shape index (κ1) is 28.4. The molecule has 3 aliphatic rings. The van der Waals surface area contributed by atoms with Gasteiger partial charge >= 0.3 is 0 Å². The second-order valence-electron chi connectivity index (χ2n) is 11.4. The van der Waals surface area contributed by atoms with E-state index in [4.69, 9.17) is 0 Å². The lowest BCUT2D eigenvalue weighted by Crippen LogP contribution is -2.49. The molecule has 3 rings (SSSR count). The predicted octanol–water partition coefficient (Wildman–Crippen LogP) is 3.58. The van der Waals surface area contributed by atoms with Crippen LogP contribution in [0.1, 0.15) is 60.3 Å². The van der Waals surface area contributed by atoms with Crippen molar-refractivity contribution in [2.75, 3.05) is 0 Å². The maximum Gasteiger partial charge on any atom is 0.260 e. The van der Waals surface area contributed by atoms with Crippen LogP contribution in [-0.2, 0) is 9.59 Å². The summed E-state index contributed by atoms with van der Waals surface area (Å²) >= 11 is 0. The van der Waals surface area contributed by atoms with E-state index in [1.807, 2.05) is 39.0 Å². The Morgan fingerprint density at radius 2 is 1.83 bits per heavy atom. The van der Waals surface area contributed by atoms with Crippen LogP contribution in [0.15, 0.2) is 47.8 Å². The van der Waals surface area contributed by atoms with Gasteiger partial charge < -0.3 is 25.7 Å². The van der Waals surface area contributed by atoms with Crippen LogP contribution in [0.4, 0.5) is 0 Å². The Kier molecular flexibility index (Phi) is 9.02. The Morgan fingerprint density at radius 3 is 2.44 bits per heavy atom. The minimum atomic E-state index is -1.65. The first-order valence-corrected chi connectivity index (χ1v) is 13.3. The lowest BCUT2D eigenvalue weighted by atomic mass is 9.50. The van der Waals surface area contributed by atoms with E-state index in [-0.39, 0.29) is 40.9 Å². The van der Waals surface area contributed by atoms with E-state index < -0.39 is 35.5 Å². The van der Waals surface area contributed by atoms with Crippen molar-refractivity contribution >= 4 is 11.7 Å². The smallest absolute Gasteiger partial charge is 0.260 e. The molecule has 0 aromatic carbocycles. The molecule has 7 nitrogen and oxygen atoms in total. The normalized spacial score (nSPS) is 38.8. The SMILES string of the molecule is CC[C@H](O)[C@H](C)/C=C/C=C/[C@H](O)C[C@H]1C=C[C@H]2C[C@@H](C)C[C@H](C)[C@@H]2[C@]1(C)/C(O)=C1/C(=O)N[C@H](O)C1=O. The number of amides is 1. The Bertz CT molecular complexity index is 951. The molecule has 5 N–H and O–H groups in total. The lowest BCUT2D eigenvalue weighted by Gasteiger charge is -2.54. The average molecular weight is 502 g/mol. The molecule has 1 amide bonds. The van der Waals surface area contributed by atoms with Gasteiger partial charge in [0.1, 0.15) is 11.3 Å². The number of carbonyl (C=O) groups is 2. The van der Waals surface area contributed by atoms with E-state index in [0.29, 0.717) is 18.8 Å². The second-order valence-corrected chi connectivity index (χ2v) is 11.4. The van der Waals surface area contributed by atoms with Crippen LogP contribution in [0.2, 0.25) is 0 Å². The van der Waals surface area contributed by atoms with Gasteiger partial charge in [0.25, 0.3) is 5.91 Å². The minimum Gasteiger partial charge on any atom is -0.511 e. The third-order valence-electron chi connectivity index (χ3n) is 8.69. The molecular weight excluding hydrogens is 458 g/mol. The molecule has 1 saturated carbocycles. The fourth-order valence-electron chi connectivity index (χ4n) is 6.80. The molecule has 2 fully saturated rings. The highest BCUT2D eigenvalue weighted by molar-refractivity contribution is 6.26. The Morgan fingerprint density at radius 1 is 1.17 bits per heavy atom. The van der Waals surface area contributed by atoms with E-state index in [0.717, 1.165) is 12.8 Å². The number of Topliss-reactive ketones (excluding diaryl/α,β-unsaturated/α-hetero) is 1. The molecule has 0 spiro atoms. The maximum atomic E-state index is 12.6. The van der Waals surface area contributed by atoms with Crippen molar-refractivity contribution in [3.63, 3.8) is 0 Å². The zero-order valence-electron chi connectivity index (χ0n) is 22.1. The zero-order chi connectivity index (χ0) is 26.8. The number of fused-ring (bicyclic) bond motifs is 1. The fourth-order valence-corrected chi connectivity index (χ4v) is 6.80. The summed E-state index contributed by atoms with van der Waals surface area (Å²) in [6.07, 6.45) is 11.3. The van der Waals surface area contributed by atoms with Crippen LogP contribution in [0.5, 0.6) is 0 Å². The highest BCUT2D eigenvalue weighted by atomic mass is 16.3. The number of allylic oxidation sites excluding steroid dienone is 5. The number of aliphatic hydroxyl groups is 4. The summed E-state index contributed by atoms with van der Waals surface area (Å²) in [5.74, 6) is -1.28. The van der Waals surface area contributed by atoms with Gasteiger partial charge in [-0.1, -0.05) is 71.1 Å². The molecule has 0 bridgehead atoms. The molecule has 1 heterocycles. The number of hydrogen-bond acceptors (Lipinski definition) is 6. The van der Waals surface area contributed by atoms with Crippen LogP contribution in [0.25, 0.3) is 0 Å². The van der Waals surface area contributed by atoms with Crippen molar-refractivity contribution in [3.05, 3.63) is 47.8 Å². The first-order valence-electron chi connectivity index (χ1n) is 13.3. The number of aliphatic hydroxyl groups excluding tert-OH is 4. The lowest BCUT2D eigenvalue weighted by molar-refractivity contribution is -0.123. The van der Waals surface area contributed by atoms with E-state index in [1.165, 1.54) is 0 Å². The van der Waals surface area contributed by atoms with Gasteiger partial charge in [0.05, 0.1) is 12.2 Å². The molecule has 0 unspecified atom stereocenters. The summed E-state index contributed by atoms with van der Waals surface area (Å²) in [6.45, 7) is 10.1. The molecule has 0 radical (unpaired) electrons. The fraction of sp³-hybridized carbons (Fsp3) is 0.655. The summed E-state index contributed by atoms with van der Waals surface area (Å²) in [6, 6.07) is 0. The average Bonchev–Trinajstić information content (AvgIpc) is 3.07. The standard InChI is InChI=1S/C29H43NO6/c1-6-22(32)17(3)9-7-8-10-21(31)15-20-12-11-19-14-16(2)13-18(4)24(19)29(20,5)26(34)23-25(33)28(36)30-27(23)35/h7-12,16-22,24,28,31-32,34,36H,6,13-15H2,1-5H3,(H,30,35)/b9-7+,10-8+,26-23-/t16-,17+,18-,19-,20+,21-,22-,24-,28+,29+/m0/s1. The summed E-state index contributed by atoms with van der Waals surface area (Å²) in [4.78, 5) is 25.1. The van der Waals surface area contributed by atoms with Gasteiger partial charge in [0.2, 0.25) is 5.78 Å². The number of ketones is 1. The van der Waals surface area contributed by atoms with Crippen molar-refractivity contribution in [2.24, 2.45) is 40.9 Å². The van der Waals surface area contributed by atoms with Gasteiger partial charge in [-0.05, 0) is 55.3 Å².